The second kappa shape index (κ2) is 14.5. The van der Waals surface area contributed by atoms with Gasteiger partial charge in [0.25, 0.3) is 0 Å². The van der Waals surface area contributed by atoms with Gasteiger partial charge in [0, 0.05) is 49.5 Å². The second-order valence-electron chi connectivity index (χ2n) is 12.8. The average molecular weight is 740 g/mol. The summed E-state index contributed by atoms with van der Waals surface area (Å²) in [5.74, 6) is -1.57. The van der Waals surface area contributed by atoms with E-state index in [0.29, 0.717) is 34.9 Å². The van der Waals surface area contributed by atoms with Gasteiger partial charge in [-0.3, -0.25) is 24.5 Å². The molecule has 260 valence electrons. The van der Waals surface area contributed by atoms with Crippen LogP contribution in [0.4, 0.5) is 11.4 Å². The summed E-state index contributed by atoms with van der Waals surface area (Å²) in [6.45, 7) is 1.80. The molecule has 4 bridgehead atoms. The maximum Gasteiger partial charge on any atom is 0.230 e. The summed E-state index contributed by atoms with van der Waals surface area (Å²) in [6.07, 6.45) is 8.16. The van der Waals surface area contributed by atoms with Gasteiger partial charge in [0.2, 0.25) is 11.8 Å². The number of anilines is 2. The van der Waals surface area contributed by atoms with Crippen molar-refractivity contribution in [2.75, 3.05) is 10.6 Å². The molecule has 8 heterocycles. The van der Waals surface area contributed by atoms with Gasteiger partial charge < -0.3 is 30.3 Å². The zero-order valence-electron chi connectivity index (χ0n) is 26.6. The number of fused-ring (bicyclic) bond motifs is 4. The van der Waals surface area contributed by atoms with Crippen LogP contribution < -0.4 is 10.6 Å². The maximum atomic E-state index is 12.9. The van der Waals surface area contributed by atoms with E-state index < -0.39 is 24.2 Å². The molecule has 0 saturated carbocycles. The zero-order valence-corrected chi connectivity index (χ0v) is 28.8. The topological polar surface area (TPSA) is 169 Å². The lowest BCUT2D eigenvalue weighted by Gasteiger charge is -2.30. The van der Waals surface area contributed by atoms with Gasteiger partial charge in [-0.15, -0.1) is 0 Å². The summed E-state index contributed by atoms with van der Waals surface area (Å²) < 4.78 is 11.8. The van der Waals surface area contributed by atoms with Crippen LogP contribution in [0.25, 0.3) is 0 Å². The standard InChI is InChI=1S/C18H18ClN3O3.C17H15Cl2N3O3/c1-9-12(19)6-11(8-21-9)22-18(24)16-14-7-13(23)17(25-14)15(16)10-2-4-20-5-3-10;18-10-5-9(7-21-16(10)19)22-17(24)14-12-6-11(23)15(25-12)13(14)8-1-3-20-4-2-8/h2-6,8,13-17,23H,7H2,1H3,(H,22,24);1-5,7,11-15,23H,6H2,(H,22,24)/t13-,14+,15+,16+,17-;11-,12+,13+,14?,15-/m01/s1. The molecule has 12 nitrogen and oxygen atoms in total. The lowest BCUT2D eigenvalue weighted by Crippen LogP contribution is -2.41. The molecule has 15 heteroatoms. The third kappa shape index (κ3) is 6.81. The van der Waals surface area contributed by atoms with E-state index in [1.165, 1.54) is 6.20 Å². The van der Waals surface area contributed by atoms with Gasteiger partial charge in [0.05, 0.1) is 88.0 Å². The largest absolute Gasteiger partial charge is 0.390 e. The quantitative estimate of drug-likeness (QED) is 0.198. The number of nitrogens with zero attached hydrogens (tertiary/aromatic N) is 4. The number of aliphatic hydroxyl groups excluding tert-OH is 2. The average Bonchev–Trinajstić information content (AvgIpc) is 3.88. The molecule has 2 amide bonds. The summed E-state index contributed by atoms with van der Waals surface area (Å²) in [5, 5.41) is 27.1. The molecule has 50 heavy (non-hydrogen) atoms. The Morgan fingerprint density at radius 3 is 1.60 bits per heavy atom. The molecule has 4 saturated heterocycles. The minimum Gasteiger partial charge on any atom is -0.390 e. The predicted molar refractivity (Wildman–Crippen MR) is 185 cm³/mol. The summed E-state index contributed by atoms with van der Waals surface area (Å²) in [4.78, 5) is 42.0. The van der Waals surface area contributed by atoms with E-state index >= 15 is 0 Å². The highest BCUT2D eigenvalue weighted by Crippen LogP contribution is 2.50. The number of aliphatic hydroxyl groups is 2. The first-order valence-electron chi connectivity index (χ1n) is 16.1. The van der Waals surface area contributed by atoms with Crippen molar-refractivity contribution in [3.05, 3.63) is 106 Å². The van der Waals surface area contributed by atoms with Gasteiger partial charge in [-0.1, -0.05) is 34.8 Å². The third-order valence-electron chi connectivity index (χ3n) is 9.80. The first-order valence-corrected chi connectivity index (χ1v) is 17.2. The number of rotatable bonds is 6. The Kier molecular flexibility index (Phi) is 10.0. The van der Waals surface area contributed by atoms with Crippen molar-refractivity contribution >= 4 is 58.0 Å². The highest BCUT2D eigenvalue weighted by molar-refractivity contribution is 6.41. The molecule has 4 aromatic heterocycles. The van der Waals surface area contributed by atoms with Gasteiger partial charge in [0.15, 0.2) is 0 Å². The molecule has 4 N–H and O–H groups in total. The highest BCUT2D eigenvalue weighted by atomic mass is 35.5. The van der Waals surface area contributed by atoms with E-state index in [1.54, 1.807) is 50.0 Å². The predicted octanol–water partition coefficient (Wildman–Crippen LogP) is 4.96. The van der Waals surface area contributed by atoms with Crippen LogP contribution >= 0.6 is 34.8 Å². The molecule has 0 radical (unpaired) electrons. The lowest BCUT2D eigenvalue weighted by molar-refractivity contribution is -0.122. The molecule has 0 aromatic carbocycles. The Hall–Kier alpha value is -3.75. The van der Waals surface area contributed by atoms with Crippen molar-refractivity contribution in [3.63, 3.8) is 0 Å². The number of carbonyl (C=O) groups is 2. The van der Waals surface area contributed by atoms with Crippen molar-refractivity contribution in [1.82, 2.24) is 19.9 Å². The molecule has 1 unspecified atom stereocenters. The molecule has 10 atom stereocenters. The smallest absolute Gasteiger partial charge is 0.230 e. The molecular formula is C35H33Cl3N6O6. The van der Waals surface area contributed by atoms with Crippen LogP contribution in [-0.2, 0) is 19.1 Å². The minimum absolute atomic E-state index is 0.150. The molecule has 8 rings (SSSR count). The Morgan fingerprint density at radius 2 is 1.16 bits per heavy atom. The summed E-state index contributed by atoms with van der Waals surface area (Å²) in [7, 11) is 0. The van der Waals surface area contributed by atoms with Gasteiger partial charge in [-0.25, -0.2) is 4.98 Å². The van der Waals surface area contributed by atoms with E-state index in [4.69, 9.17) is 44.3 Å². The summed E-state index contributed by atoms with van der Waals surface area (Å²) in [6, 6.07) is 10.7. The summed E-state index contributed by atoms with van der Waals surface area (Å²) in [5.41, 5.74) is 3.60. The van der Waals surface area contributed by atoms with Crippen LogP contribution in [0.15, 0.2) is 73.6 Å². The van der Waals surface area contributed by atoms with Crippen LogP contribution in [0.1, 0.15) is 41.5 Å². The van der Waals surface area contributed by atoms with E-state index in [0.717, 1.165) is 11.1 Å². The van der Waals surface area contributed by atoms with Crippen molar-refractivity contribution in [3.8, 4) is 0 Å². The Balaban J connectivity index is 0.000000157. The van der Waals surface area contributed by atoms with Crippen molar-refractivity contribution in [2.24, 2.45) is 11.8 Å². The molecule has 4 fully saturated rings. The fourth-order valence-electron chi connectivity index (χ4n) is 7.57. The van der Waals surface area contributed by atoms with Gasteiger partial charge in [-0.2, -0.15) is 0 Å². The number of hydrogen-bond acceptors (Lipinski definition) is 10. The van der Waals surface area contributed by atoms with E-state index in [1.807, 2.05) is 24.3 Å². The highest BCUT2D eigenvalue weighted by Gasteiger charge is 2.58. The minimum atomic E-state index is -0.571. The number of ether oxygens (including phenoxy) is 2. The van der Waals surface area contributed by atoms with E-state index in [-0.39, 0.29) is 58.1 Å². The Morgan fingerprint density at radius 1 is 0.720 bits per heavy atom. The van der Waals surface area contributed by atoms with E-state index in [2.05, 4.69) is 30.6 Å². The first-order chi connectivity index (χ1) is 24.1. The number of aromatic nitrogens is 4. The number of halogens is 3. The van der Waals surface area contributed by atoms with Crippen molar-refractivity contribution < 1.29 is 29.3 Å². The summed E-state index contributed by atoms with van der Waals surface area (Å²) >= 11 is 17.8. The van der Waals surface area contributed by atoms with Crippen LogP contribution in [-0.4, -0.2) is 78.6 Å². The van der Waals surface area contributed by atoms with Crippen LogP contribution in [0.3, 0.4) is 0 Å². The molecule has 4 aliphatic heterocycles. The Bertz CT molecular complexity index is 1740. The van der Waals surface area contributed by atoms with Crippen LogP contribution in [0.2, 0.25) is 15.2 Å². The van der Waals surface area contributed by atoms with E-state index in [9.17, 15) is 19.8 Å². The second-order valence-corrected chi connectivity index (χ2v) is 14.0. The number of carbonyl (C=O) groups excluding carboxylic acids is 2. The third-order valence-corrected chi connectivity index (χ3v) is 10.9. The number of nitrogens with one attached hydrogen (secondary N) is 2. The van der Waals surface area contributed by atoms with Crippen molar-refractivity contribution in [2.45, 2.75) is 68.2 Å². The molecule has 0 aliphatic carbocycles. The zero-order chi connectivity index (χ0) is 35.1. The van der Waals surface area contributed by atoms with Crippen LogP contribution in [0.5, 0.6) is 0 Å². The maximum absolute atomic E-state index is 12.9. The first kappa shape index (κ1) is 34.7. The number of pyridine rings is 4. The molecule has 4 aromatic rings. The number of hydrogen-bond donors (Lipinski definition) is 4. The van der Waals surface area contributed by atoms with Gasteiger partial charge >= 0.3 is 0 Å². The normalized spacial score (nSPS) is 30.4. The Labute approximate surface area is 302 Å². The fraction of sp³-hybridized carbons (Fsp3) is 0.371. The number of aryl methyl sites for hydroxylation is 1. The molecule has 4 aliphatic rings. The monoisotopic (exact) mass is 738 g/mol. The molecule has 0 spiro atoms. The van der Waals surface area contributed by atoms with Crippen LogP contribution in [0, 0.1) is 18.8 Å². The SMILES string of the molecule is Cc1ncc(NC(=O)[C@H]2[C@@H](c3ccncc3)[C@H]3O[C@@H]2C[C@@H]3O)cc1Cl.O=C(Nc1cnc(Cl)c(Cl)c1)C1[C@@H]2C[C@@H](O)[C@@H](O2)[C@H]1c1ccncc1. The number of amides is 2. The van der Waals surface area contributed by atoms with Gasteiger partial charge in [0.1, 0.15) is 5.15 Å². The molecular weight excluding hydrogens is 707 g/mol. The van der Waals surface area contributed by atoms with Gasteiger partial charge in [-0.05, 0) is 54.4 Å². The lowest BCUT2D eigenvalue weighted by atomic mass is 9.74. The fourth-order valence-corrected chi connectivity index (χ4v) is 8.00. The van der Waals surface area contributed by atoms with Crippen molar-refractivity contribution in [1.29, 1.82) is 0 Å².